The van der Waals surface area contributed by atoms with Crippen molar-refractivity contribution < 1.29 is 13.2 Å². The third kappa shape index (κ3) is 5.85. The summed E-state index contributed by atoms with van der Waals surface area (Å²) in [6, 6.07) is 12.1. The molecule has 0 saturated heterocycles. The van der Waals surface area contributed by atoms with Crippen LogP contribution in [0.5, 0.6) is 0 Å². The van der Waals surface area contributed by atoms with E-state index in [2.05, 4.69) is 15.0 Å². The van der Waals surface area contributed by atoms with Gasteiger partial charge in [-0.25, -0.2) is 8.42 Å². The van der Waals surface area contributed by atoms with E-state index >= 15 is 0 Å². The van der Waals surface area contributed by atoms with Gasteiger partial charge in [0.1, 0.15) is 0 Å². The van der Waals surface area contributed by atoms with Crippen LogP contribution in [0.2, 0.25) is 0 Å². The van der Waals surface area contributed by atoms with Crippen LogP contribution in [0.3, 0.4) is 0 Å². The molecule has 0 saturated carbocycles. The van der Waals surface area contributed by atoms with Crippen molar-refractivity contribution >= 4 is 27.7 Å². The number of carbonyl (C=O) groups is 1. The lowest BCUT2D eigenvalue weighted by molar-refractivity contribution is -0.117. The second-order valence-electron chi connectivity index (χ2n) is 5.31. The van der Waals surface area contributed by atoms with Gasteiger partial charge in [0, 0.05) is 18.0 Å². The zero-order valence-electron chi connectivity index (χ0n) is 13.4. The normalized spacial score (nSPS) is 12.8. The molecule has 1 heterocycles. The van der Waals surface area contributed by atoms with Crippen molar-refractivity contribution in [1.29, 1.82) is 0 Å². The van der Waals surface area contributed by atoms with Crippen molar-refractivity contribution in [3.05, 3.63) is 66.0 Å². The summed E-state index contributed by atoms with van der Waals surface area (Å²) in [6.45, 7) is 1.85. The molecule has 1 atom stereocenters. The van der Waals surface area contributed by atoms with Crippen molar-refractivity contribution in [1.82, 2.24) is 10.3 Å². The molecule has 1 unspecified atom stereocenters. The van der Waals surface area contributed by atoms with Gasteiger partial charge in [-0.15, -0.1) is 0 Å². The van der Waals surface area contributed by atoms with E-state index in [-0.39, 0.29) is 11.9 Å². The maximum Gasteiger partial charge on any atom is 0.244 e. The molecule has 126 valence electrons. The Balaban J connectivity index is 1.95. The molecular formula is C17H19N3O3S. The predicted octanol–water partition coefficient (Wildman–Crippen LogP) is 2.34. The Morgan fingerprint density at radius 1 is 1.17 bits per heavy atom. The van der Waals surface area contributed by atoms with Crippen LogP contribution in [-0.2, 0) is 14.8 Å². The van der Waals surface area contributed by atoms with Gasteiger partial charge in [0.2, 0.25) is 15.9 Å². The van der Waals surface area contributed by atoms with Crippen LogP contribution < -0.4 is 10.0 Å². The highest BCUT2D eigenvalue weighted by Gasteiger charge is 2.08. The second-order valence-corrected chi connectivity index (χ2v) is 7.06. The Labute approximate surface area is 141 Å². The molecule has 2 N–H and O–H groups in total. The third-order valence-corrected chi connectivity index (χ3v) is 3.77. The smallest absolute Gasteiger partial charge is 0.244 e. The number of nitrogens with one attached hydrogen (secondary N) is 2. The molecule has 0 aliphatic carbocycles. The molecule has 1 amide bonds. The molecule has 7 heteroatoms. The number of pyridine rings is 1. The number of nitrogens with zero attached hydrogens (tertiary/aromatic N) is 1. The number of rotatable bonds is 6. The lowest BCUT2D eigenvalue weighted by atomic mass is 10.1. The molecular weight excluding hydrogens is 326 g/mol. The van der Waals surface area contributed by atoms with Crippen molar-refractivity contribution in [2.45, 2.75) is 13.0 Å². The fourth-order valence-electron chi connectivity index (χ4n) is 2.03. The number of hydrogen-bond donors (Lipinski definition) is 2. The van der Waals surface area contributed by atoms with Crippen molar-refractivity contribution in [2.75, 3.05) is 11.0 Å². The molecule has 1 aromatic heterocycles. The van der Waals surface area contributed by atoms with E-state index in [1.165, 1.54) is 6.08 Å². The topological polar surface area (TPSA) is 88.2 Å². The van der Waals surface area contributed by atoms with Gasteiger partial charge >= 0.3 is 0 Å². The van der Waals surface area contributed by atoms with Crippen LogP contribution in [-0.4, -0.2) is 25.6 Å². The second kappa shape index (κ2) is 7.74. The number of benzene rings is 1. The van der Waals surface area contributed by atoms with Crippen molar-refractivity contribution in [2.24, 2.45) is 0 Å². The monoisotopic (exact) mass is 345 g/mol. The van der Waals surface area contributed by atoms with Crippen LogP contribution in [0, 0.1) is 0 Å². The van der Waals surface area contributed by atoms with Crippen molar-refractivity contribution in [3.63, 3.8) is 0 Å². The maximum absolute atomic E-state index is 11.9. The first-order valence-electron chi connectivity index (χ1n) is 7.31. The molecule has 0 aliphatic heterocycles. The van der Waals surface area contributed by atoms with Crippen LogP contribution in [0.1, 0.15) is 24.2 Å². The van der Waals surface area contributed by atoms with Gasteiger partial charge in [-0.3, -0.25) is 14.5 Å². The summed E-state index contributed by atoms with van der Waals surface area (Å²) in [7, 11) is -3.30. The standard InChI is InChI=1S/C17H19N3O3S/c1-13(14-6-8-16(9-7-14)20-24(2,22)23)19-17(21)11-10-15-5-3-4-12-18-15/h3-13,20H,1-2H3,(H,19,21)/b11-10+. The predicted molar refractivity (Wildman–Crippen MR) is 94.7 cm³/mol. The molecule has 0 fully saturated rings. The van der Waals surface area contributed by atoms with Gasteiger partial charge in [0.05, 0.1) is 18.0 Å². The summed E-state index contributed by atoms with van der Waals surface area (Å²) >= 11 is 0. The number of amides is 1. The minimum absolute atomic E-state index is 0.210. The highest BCUT2D eigenvalue weighted by atomic mass is 32.2. The first-order chi connectivity index (χ1) is 11.3. The Hall–Kier alpha value is -2.67. The molecule has 1 aromatic carbocycles. The van der Waals surface area contributed by atoms with Crippen LogP contribution in [0.15, 0.2) is 54.7 Å². The number of hydrogen-bond acceptors (Lipinski definition) is 4. The zero-order valence-corrected chi connectivity index (χ0v) is 14.2. The molecule has 0 bridgehead atoms. The fraction of sp³-hybridized carbons (Fsp3) is 0.176. The van der Waals surface area contributed by atoms with Crippen LogP contribution in [0.4, 0.5) is 5.69 Å². The average Bonchev–Trinajstić information content (AvgIpc) is 2.53. The van der Waals surface area contributed by atoms with E-state index in [0.29, 0.717) is 11.4 Å². The summed E-state index contributed by atoms with van der Waals surface area (Å²) in [6.07, 6.45) is 5.82. The maximum atomic E-state index is 11.9. The highest BCUT2D eigenvalue weighted by molar-refractivity contribution is 7.92. The van der Waals surface area contributed by atoms with Crippen molar-refractivity contribution in [3.8, 4) is 0 Å². The van der Waals surface area contributed by atoms with Gasteiger partial charge in [-0.2, -0.15) is 0 Å². The van der Waals surface area contributed by atoms with Gasteiger partial charge < -0.3 is 5.32 Å². The van der Waals surface area contributed by atoms with Gasteiger partial charge in [0.25, 0.3) is 0 Å². The molecule has 0 radical (unpaired) electrons. The summed E-state index contributed by atoms with van der Waals surface area (Å²) in [5.74, 6) is -0.230. The van der Waals surface area contributed by atoms with Gasteiger partial charge in [0.15, 0.2) is 0 Å². The fourth-order valence-corrected chi connectivity index (χ4v) is 2.60. The molecule has 6 nitrogen and oxygen atoms in total. The molecule has 2 rings (SSSR count). The Morgan fingerprint density at radius 2 is 1.88 bits per heavy atom. The number of carbonyl (C=O) groups excluding carboxylic acids is 1. The number of aromatic nitrogens is 1. The van der Waals surface area contributed by atoms with Crippen LogP contribution in [0.25, 0.3) is 6.08 Å². The Bertz CT molecular complexity index is 816. The first-order valence-corrected chi connectivity index (χ1v) is 9.20. The quantitative estimate of drug-likeness (QED) is 0.787. The minimum atomic E-state index is -3.30. The summed E-state index contributed by atoms with van der Waals surface area (Å²) in [5.41, 5.74) is 2.06. The van der Waals surface area contributed by atoms with E-state index < -0.39 is 10.0 Å². The lowest BCUT2D eigenvalue weighted by Crippen LogP contribution is -2.24. The number of sulfonamides is 1. The summed E-state index contributed by atoms with van der Waals surface area (Å²) < 4.78 is 24.7. The van der Waals surface area contributed by atoms with Gasteiger partial charge in [-0.1, -0.05) is 18.2 Å². The van der Waals surface area contributed by atoms with E-state index in [4.69, 9.17) is 0 Å². The largest absolute Gasteiger partial charge is 0.346 e. The summed E-state index contributed by atoms with van der Waals surface area (Å²) in [5, 5.41) is 2.84. The first kappa shape index (κ1) is 17.7. The molecule has 24 heavy (non-hydrogen) atoms. The summed E-state index contributed by atoms with van der Waals surface area (Å²) in [4.78, 5) is 16.0. The van der Waals surface area contributed by atoms with E-state index in [0.717, 1.165) is 11.8 Å². The molecule has 0 spiro atoms. The SMILES string of the molecule is CC(NC(=O)/C=C/c1ccccn1)c1ccc(NS(C)(=O)=O)cc1. The highest BCUT2D eigenvalue weighted by Crippen LogP contribution is 2.16. The Morgan fingerprint density at radius 3 is 2.46 bits per heavy atom. The zero-order chi connectivity index (χ0) is 17.6. The lowest BCUT2D eigenvalue weighted by Gasteiger charge is -2.13. The molecule has 2 aromatic rings. The Kier molecular flexibility index (Phi) is 5.70. The van der Waals surface area contributed by atoms with Crippen LogP contribution >= 0.6 is 0 Å². The average molecular weight is 345 g/mol. The molecule has 0 aliphatic rings. The number of anilines is 1. The van der Waals surface area contributed by atoms with E-state index in [9.17, 15) is 13.2 Å². The minimum Gasteiger partial charge on any atom is -0.346 e. The van der Waals surface area contributed by atoms with E-state index in [1.54, 1.807) is 42.6 Å². The third-order valence-electron chi connectivity index (χ3n) is 3.17. The van der Waals surface area contributed by atoms with E-state index in [1.807, 2.05) is 19.1 Å². The van der Waals surface area contributed by atoms with Gasteiger partial charge in [-0.05, 0) is 42.8 Å².